The molecule has 2 rings (SSSR count). The number of hydrogen-bond acceptors (Lipinski definition) is 5. The molecular formula is C15H13ClN2O4. The smallest absolute Gasteiger partial charge is 0.313 e. The van der Waals surface area contributed by atoms with Gasteiger partial charge in [0.25, 0.3) is 0 Å². The summed E-state index contributed by atoms with van der Waals surface area (Å²) in [5.74, 6) is -2.26. The lowest BCUT2D eigenvalue weighted by atomic mass is 9.95. The molecule has 0 radical (unpaired) electrons. The maximum absolute atomic E-state index is 12.2. The zero-order valence-corrected chi connectivity index (χ0v) is 12.4. The van der Waals surface area contributed by atoms with E-state index < -0.39 is 11.9 Å². The van der Waals surface area contributed by atoms with Crippen molar-refractivity contribution in [2.75, 3.05) is 7.11 Å². The number of halogens is 1. The largest absolute Gasteiger partial charge is 0.481 e. The van der Waals surface area contributed by atoms with E-state index in [1.54, 1.807) is 24.3 Å². The Labute approximate surface area is 131 Å². The van der Waals surface area contributed by atoms with E-state index in [1.165, 1.54) is 19.5 Å². The van der Waals surface area contributed by atoms with E-state index in [2.05, 4.69) is 9.97 Å². The minimum Gasteiger partial charge on any atom is -0.481 e. The van der Waals surface area contributed by atoms with Crippen molar-refractivity contribution >= 4 is 23.4 Å². The Hall–Kier alpha value is -2.47. The molecule has 0 spiro atoms. The topological polar surface area (TPSA) is 89.4 Å². The van der Waals surface area contributed by atoms with E-state index in [4.69, 9.17) is 16.3 Å². The number of carbonyl (C=O) groups excluding carboxylic acids is 1. The third-order valence-electron chi connectivity index (χ3n) is 3.08. The average Bonchev–Trinajstić information content (AvgIpc) is 2.52. The first kappa shape index (κ1) is 15.9. The molecule has 7 heteroatoms. The van der Waals surface area contributed by atoms with Crippen LogP contribution in [0.15, 0.2) is 36.7 Å². The highest BCUT2D eigenvalue weighted by atomic mass is 35.5. The van der Waals surface area contributed by atoms with Gasteiger partial charge in [-0.2, -0.15) is 0 Å². The van der Waals surface area contributed by atoms with Crippen LogP contribution < -0.4 is 4.74 Å². The maximum atomic E-state index is 12.2. The van der Waals surface area contributed by atoms with Crippen LogP contribution in [0.25, 0.3) is 0 Å². The van der Waals surface area contributed by atoms with Gasteiger partial charge < -0.3 is 9.84 Å². The van der Waals surface area contributed by atoms with Crippen molar-refractivity contribution < 1.29 is 19.4 Å². The number of benzene rings is 1. The summed E-state index contributed by atoms with van der Waals surface area (Å²) < 4.78 is 4.94. The van der Waals surface area contributed by atoms with Crippen LogP contribution in [-0.2, 0) is 4.79 Å². The molecule has 1 heterocycles. The van der Waals surface area contributed by atoms with Crippen LogP contribution in [0.4, 0.5) is 0 Å². The minimum absolute atomic E-state index is 0.211. The third-order valence-corrected chi connectivity index (χ3v) is 3.34. The number of carboxylic acid groups (broad SMARTS) is 1. The Balaban J connectivity index is 2.23. The highest BCUT2D eigenvalue weighted by molar-refractivity contribution is 6.30. The number of ketones is 1. The number of hydrogen-bond donors (Lipinski definition) is 1. The van der Waals surface area contributed by atoms with Crippen molar-refractivity contribution in [2.24, 2.45) is 0 Å². The highest BCUT2D eigenvalue weighted by Crippen LogP contribution is 2.23. The first-order valence-electron chi connectivity index (χ1n) is 6.38. The van der Waals surface area contributed by atoms with E-state index in [0.717, 1.165) is 0 Å². The van der Waals surface area contributed by atoms with Crippen LogP contribution in [0.1, 0.15) is 28.4 Å². The number of rotatable bonds is 6. The van der Waals surface area contributed by atoms with Crippen molar-refractivity contribution in [1.82, 2.24) is 9.97 Å². The van der Waals surface area contributed by atoms with Gasteiger partial charge in [-0.3, -0.25) is 9.59 Å². The Bertz CT molecular complexity index is 688. The second kappa shape index (κ2) is 7.00. The monoisotopic (exact) mass is 320 g/mol. The van der Waals surface area contributed by atoms with Gasteiger partial charge in [-0.05, 0) is 24.3 Å². The van der Waals surface area contributed by atoms with Gasteiger partial charge in [-0.25, -0.2) is 9.97 Å². The highest BCUT2D eigenvalue weighted by Gasteiger charge is 2.25. The van der Waals surface area contributed by atoms with Gasteiger partial charge in [0.2, 0.25) is 5.88 Å². The van der Waals surface area contributed by atoms with Crippen molar-refractivity contribution in [3.05, 3.63) is 52.9 Å². The van der Waals surface area contributed by atoms with Crippen LogP contribution in [0.5, 0.6) is 5.88 Å². The number of carbonyl (C=O) groups is 2. The normalized spacial score (nSPS) is 11.7. The summed E-state index contributed by atoms with van der Waals surface area (Å²) in [5, 5.41) is 9.86. The molecule has 22 heavy (non-hydrogen) atoms. The van der Waals surface area contributed by atoms with Crippen LogP contribution in [-0.4, -0.2) is 33.9 Å². The molecule has 114 valence electrons. The predicted octanol–water partition coefficient (Wildman–Crippen LogP) is 2.58. The van der Waals surface area contributed by atoms with Gasteiger partial charge in [-0.15, -0.1) is 0 Å². The number of Topliss-reactive ketones (excluding diaryl/α,β-unsaturated/α-hetero) is 1. The summed E-state index contributed by atoms with van der Waals surface area (Å²) in [7, 11) is 1.42. The fourth-order valence-electron chi connectivity index (χ4n) is 1.91. The minimum atomic E-state index is -1.14. The lowest BCUT2D eigenvalue weighted by molar-refractivity contribution is -0.138. The maximum Gasteiger partial charge on any atom is 0.313 e. The average molecular weight is 321 g/mol. The quantitative estimate of drug-likeness (QED) is 0.823. The molecule has 0 aliphatic carbocycles. The van der Waals surface area contributed by atoms with Gasteiger partial charge in [0.1, 0.15) is 12.2 Å². The van der Waals surface area contributed by atoms with Crippen molar-refractivity contribution in [3.8, 4) is 5.88 Å². The van der Waals surface area contributed by atoms with Gasteiger partial charge in [0, 0.05) is 23.1 Å². The van der Waals surface area contributed by atoms with Gasteiger partial charge in [0.05, 0.1) is 12.8 Å². The molecule has 1 N–H and O–H groups in total. The molecule has 6 nitrogen and oxygen atoms in total. The molecule has 0 fully saturated rings. The van der Waals surface area contributed by atoms with Gasteiger partial charge in [0.15, 0.2) is 5.78 Å². The van der Waals surface area contributed by atoms with Crippen LogP contribution in [0.2, 0.25) is 5.02 Å². The van der Waals surface area contributed by atoms with Crippen molar-refractivity contribution in [2.45, 2.75) is 12.3 Å². The summed E-state index contributed by atoms with van der Waals surface area (Å²) in [6, 6.07) is 7.69. The summed E-state index contributed by atoms with van der Waals surface area (Å²) in [6.07, 6.45) is 0.994. The molecule has 1 aromatic carbocycles. The number of aliphatic carboxylic acids is 1. The zero-order valence-electron chi connectivity index (χ0n) is 11.7. The molecule has 0 saturated carbocycles. The Kier molecular flexibility index (Phi) is 5.06. The molecule has 0 aliphatic rings. The van der Waals surface area contributed by atoms with Crippen LogP contribution in [0.3, 0.4) is 0 Å². The molecule has 2 aromatic rings. The number of aromatic nitrogens is 2. The molecule has 1 atom stereocenters. The van der Waals surface area contributed by atoms with Crippen LogP contribution in [0, 0.1) is 0 Å². The Morgan fingerprint density at radius 3 is 2.55 bits per heavy atom. The van der Waals surface area contributed by atoms with Crippen molar-refractivity contribution in [1.29, 1.82) is 0 Å². The zero-order chi connectivity index (χ0) is 16.1. The molecule has 0 bridgehead atoms. The van der Waals surface area contributed by atoms with E-state index in [1.807, 2.05) is 0 Å². The number of nitrogens with zero attached hydrogens (tertiary/aromatic N) is 2. The summed E-state index contributed by atoms with van der Waals surface area (Å²) in [6.45, 7) is 0. The van der Waals surface area contributed by atoms with E-state index >= 15 is 0 Å². The lowest BCUT2D eigenvalue weighted by Gasteiger charge is -2.11. The predicted molar refractivity (Wildman–Crippen MR) is 79.4 cm³/mol. The van der Waals surface area contributed by atoms with Gasteiger partial charge >= 0.3 is 5.97 Å². The third kappa shape index (κ3) is 3.79. The summed E-state index contributed by atoms with van der Waals surface area (Å²) in [4.78, 5) is 31.4. The first-order valence-corrected chi connectivity index (χ1v) is 6.76. The van der Waals surface area contributed by atoms with Crippen molar-refractivity contribution in [3.63, 3.8) is 0 Å². The fourth-order valence-corrected chi connectivity index (χ4v) is 2.04. The Morgan fingerprint density at radius 1 is 1.27 bits per heavy atom. The van der Waals surface area contributed by atoms with E-state index in [9.17, 15) is 14.7 Å². The molecule has 0 aliphatic heterocycles. The SMILES string of the molecule is COc1cc(C(CC(=O)c2ccc(Cl)cc2)C(=O)O)ncn1. The van der Waals surface area contributed by atoms with E-state index in [0.29, 0.717) is 10.6 Å². The Morgan fingerprint density at radius 2 is 1.95 bits per heavy atom. The fraction of sp³-hybridized carbons (Fsp3) is 0.200. The second-order valence-corrected chi connectivity index (χ2v) is 4.95. The standard InChI is InChI=1S/C15H13ClN2O4/c1-22-14-7-12(17-8-18-14)11(15(20)21)6-13(19)9-2-4-10(16)5-3-9/h2-5,7-8,11H,6H2,1H3,(H,20,21). The summed E-state index contributed by atoms with van der Waals surface area (Å²) in [5.41, 5.74) is 0.623. The number of carboxylic acids is 1. The first-order chi connectivity index (χ1) is 10.5. The lowest BCUT2D eigenvalue weighted by Crippen LogP contribution is -2.17. The summed E-state index contributed by atoms with van der Waals surface area (Å²) >= 11 is 5.77. The molecule has 1 aromatic heterocycles. The number of methoxy groups -OCH3 is 1. The molecular weight excluding hydrogens is 308 g/mol. The number of ether oxygens (including phenoxy) is 1. The molecule has 1 unspecified atom stereocenters. The molecule has 0 amide bonds. The van der Waals surface area contributed by atoms with E-state index in [-0.39, 0.29) is 23.8 Å². The second-order valence-electron chi connectivity index (χ2n) is 4.51. The molecule has 0 saturated heterocycles. The van der Waals surface area contributed by atoms with Gasteiger partial charge in [-0.1, -0.05) is 11.6 Å². The van der Waals surface area contributed by atoms with Crippen LogP contribution >= 0.6 is 11.6 Å².